The molecule has 0 bridgehead atoms. The first-order chi connectivity index (χ1) is 13.0. The largest absolute Gasteiger partial charge is 0.411 e. The van der Waals surface area contributed by atoms with Crippen molar-refractivity contribution in [3.8, 4) is 0 Å². The Labute approximate surface area is 161 Å². The topological polar surface area (TPSA) is 94.0 Å². The van der Waals surface area contributed by atoms with Gasteiger partial charge in [-0.1, -0.05) is 11.2 Å². The Morgan fingerprint density at radius 3 is 2.44 bits per heavy atom. The third-order valence-corrected chi connectivity index (χ3v) is 7.04. The molecule has 27 heavy (non-hydrogen) atoms. The third-order valence-electron chi connectivity index (χ3n) is 5.75. The molecule has 3 N–H and O–H groups in total. The number of likely N-dealkylation sites (tertiary alicyclic amines) is 1. The maximum atomic E-state index is 12.5. The fraction of sp³-hybridized carbons (Fsp3) is 0.579. The normalized spacial score (nSPS) is 20.7. The molecule has 4 rings (SSSR count). The number of fused-ring (bicyclic) bond motifs is 2. The minimum Gasteiger partial charge on any atom is -0.411 e. The molecule has 1 fully saturated rings. The lowest BCUT2D eigenvalue weighted by Crippen LogP contribution is -2.57. The van der Waals surface area contributed by atoms with Gasteiger partial charge >= 0.3 is 6.03 Å². The van der Waals surface area contributed by atoms with Crippen LogP contribution in [0.5, 0.6) is 0 Å². The van der Waals surface area contributed by atoms with E-state index in [9.17, 15) is 9.00 Å². The third kappa shape index (κ3) is 3.73. The average Bonchev–Trinajstić information content (AvgIpc) is 3.25. The van der Waals surface area contributed by atoms with Crippen LogP contribution in [0, 0.1) is 0 Å². The molecule has 2 amide bonds. The zero-order chi connectivity index (χ0) is 19.0. The fourth-order valence-electron chi connectivity index (χ4n) is 4.42. The van der Waals surface area contributed by atoms with E-state index in [1.54, 1.807) is 6.92 Å². The highest BCUT2D eigenvalue weighted by Gasteiger charge is 2.33. The standard InChI is InChI=1S/C19H26N4O3S/c1-12(21-25)9-23-10-15(11-23)27(26)22-19(24)20-18-16-6-2-4-13(16)8-14-5-3-7-17(14)18/h8,15,25H,2-7,9-11H2,1H3,(H2,20,22,24)/b21-12-. The molecule has 0 saturated carbocycles. The fourth-order valence-corrected chi connectivity index (χ4v) is 5.52. The zero-order valence-electron chi connectivity index (χ0n) is 15.6. The summed E-state index contributed by atoms with van der Waals surface area (Å²) in [5, 5.41) is 14.8. The van der Waals surface area contributed by atoms with E-state index >= 15 is 0 Å². The minimum absolute atomic E-state index is 0.0885. The van der Waals surface area contributed by atoms with Gasteiger partial charge in [0, 0.05) is 25.3 Å². The summed E-state index contributed by atoms with van der Waals surface area (Å²) < 4.78 is 15.0. The quantitative estimate of drug-likeness (QED) is 0.407. The molecule has 1 heterocycles. The van der Waals surface area contributed by atoms with Crippen molar-refractivity contribution in [3.05, 3.63) is 28.3 Å². The molecule has 0 aromatic heterocycles. The van der Waals surface area contributed by atoms with Crippen LogP contribution in [-0.2, 0) is 36.7 Å². The Kier molecular flexibility index (Phi) is 5.19. The summed E-state index contributed by atoms with van der Waals surface area (Å²) in [6.45, 7) is 3.54. The van der Waals surface area contributed by atoms with E-state index in [1.807, 2.05) is 4.90 Å². The summed E-state index contributed by atoms with van der Waals surface area (Å²) in [6.07, 6.45) is 6.44. The number of hydrogen-bond donors (Lipinski definition) is 3. The number of hydrogen-bond acceptors (Lipinski definition) is 5. The molecule has 1 aromatic rings. The molecule has 3 aliphatic rings. The highest BCUT2D eigenvalue weighted by molar-refractivity contribution is 7.84. The number of rotatable bonds is 5. The van der Waals surface area contributed by atoms with Crippen LogP contribution in [-0.4, -0.2) is 50.9 Å². The first-order valence-corrected chi connectivity index (χ1v) is 10.8. The smallest absolute Gasteiger partial charge is 0.331 e. The second-order valence-electron chi connectivity index (χ2n) is 7.74. The number of aryl methyl sites for hydroxylation is 2. The summed E-state index contributed by atoms with van der Waals surface area (Å²) >= 11 is 0. The number of benzene rings is 1. The van der Waals surface area contributed by atoms with Crippen LogP contribution >= 0.6 is 0 Å². The monoisotopic (exact) mass is 390 g/mol. The number of nitrogens with zero attached hydrogens (tertiary/aromatic N) is 2. The van der Waals surface area contributed by atoms with E-state index in [-0.39, 0.29) is 11.3 Å². The molecule has 1 atom stereocenters. The summed E-state index contributed by atoms with van der Waals surface area (Å²) in [5.74, 6) is 0. The highest BCUT2D eigenvalue weighted by atomic mass is 32.2. The number of carbonyl (C=O) groups excluding carboxylic acids is 1. The lowest BCUT2D eigenvalue weighted by molar-refractivity contribution is 0.212. The SMILES string of the molecule is C/C(CN1CC(S(=O)NC(=O)Nc2c3c(cc4c2CCC4)CCC3)C1)=N/O. The summed E-state index contributed by atoms with van der Waals surface area (Å²) in [5.41, 5.74) is 6.86. The maximum Gasteiger partial charge on any atom is 0.331 e. The zero-order valence-corrected chi connectivity index (χ0v) is 16.4. The van der Waals surface area contributed by atoms with Gasteiger partial charge in [-0.2, -0.15) is 0 Å². The van der Waals surface area contributed by atoms with E-state index in [2.05, 4.69) is 21.3 Å². The second kappa shape index (κ2) is 7.59. The molecule has 1 unspecified atom stereocenters. The van der Waals surface area contributed by atoms with E-state index in [0.29, 0.717) is 25.3 Å². The van der Waals surface area contributed by atoms with Crippen molar-refractivity contribution in [3.63, 3.8) is 0 Å². The van der Waals surface area contributed by atoms with Gasteiger partial charge in [-0.15, -0.1) is 0 Å². The van der Waals surface area contributed by atoms with Gasteiger partial charge < -0.3 is 10.5 Å². The Balaban J connectivity index is 1.37. The summed E-state index contributed by atoms with van der Waals surface area (Å²) in [4.78, 5) is 14.5. The van der Waals surface area contributed by atoms with Gasteiger partial charge in [0.2, 0.25) is 0 Å². The second-order valence-corrected chi connectivity index (χ2v) is 9.20. The van der Waals surface area contributed by atoms with E-state index in [0.717, 1.165) is 44.2 Å². The number of oxime groups is 1. The molecule has 7 nitrogen and oxygen atoms in total. The molecule has 2 aliphatic carbocycles. The van der Waals surface area contributed by atoms with E-state index in [4.69, 9.17) is 5.21 Å². The first kappa shape index (κ1) is 18.4. The molecule has 0 spiro atoms. The molecule has 0 radical (unpaired) electrons. The van der Waals surface area contributed by atoms with E-state index in [1.165, 1.54) is 22.3 Å². The van der Waals surface area contributed by atoms with Crippen LogP contribution in [0.25, 0.3) is 0 Å². The Hall–Kier alpha value is -1.93. The maximum absolute atomic E-state index is 12.5. The highest BCUT2D eigenvalue weighted by Crippen LogP contribution is 2.38. The van der Waals surface area contributed by atoms with Crippen LogP contribution in [0.3, 0.4) is 0 Å². The Bertz CT molecular complexity index is 785. The van der Waals surface area contributed by atoms with Crippen LogP contribution in [0.2, 0.25) is 0 Å². The molecular formula is C19H26N4O3S. The average molecular weight is 391 g/mol. The number of carbonyl (C=O) groups is 1. The number of nitrogens with one attached hydrogen (secondary N) is 2. The molecule has 1 aliphatic heterocycles. The summed E-state index contributed by atoms with van der Waals surface area (Å²) in [7, 11) is -1.42. The van der Waals surface area contributed by atoms with Crippen LogP contribution in [0.4, 0.5) is 10.5 Å². The van der Waals surface area contributed by atoms with Gasteiger partial charge in [-0.3, -0.25) is 9.62 Å². The van der Waals surface area contributed by atoms with Crippen molar-refractivity contribution >= 4 is 28.4 Å². The van der Waals surface area contributed by atoms with Crippen molar-refractivity contribution < 1.29 is 14.2 Å². The molecule has 146 valence electrons. The molecule has 1 saturated heterocycles. The van der Waals surface area contributed by atoms with Gasteiger partial charge in [-0.05, 0) is 67.7 Å². The van der Waals surface area contributed by atoms with Crippen molar-refractivity contribution in [2.24, 2.45) is 5.16 Å². The van der Waals surface area contributed by atoms with Crippen molar-refractivity contribution in [2.45, 2.75) is 50.7 Å². The lowest BCUT2D eigenvalue weighted by atomic mass is 9.99. The van der Waals surface area contributed by atoms with E-state index < -0.39 is 11.0 Å². The van der Waals surface area contributed by atoms with Crippen molar-refractivity contribution in [2.75, 3.05) is 25.0 Å². The van der Waals surface area contributed by atoms with Gasteiger partial charge in [0.15, 0.2) is 0 Å². The van der Waals surface area contributed by atoms with Gasteiger partial charge in [0.1, 0.15) is 11.0 Å². The van der Waals surface area contributed by atoms with Gasteiger partial charge in [0.05, 0.1) is 11.0 Å². The van der Waals surface area contributed by atoms with Crippen molar-refractivity contribution in [1.82, 2.24) is 9.62 Å². The predicted octanol–water partition coefficient (Wildman–Crippen LogP) is 1.98. The molecular weight excluding hydrogens is 364 g/mol. The van der Waals surface area contributed by atoms with Crippen LogP contribution in [0.1, 0.15) is 42.0 Å². The number of amides is 2. The lowest BCUT2D eigenvalue weighted by Gasteiger charge is -2.37. The minimum atomic E-state index is -1.42. The predicted molar refractivity (Wildman–Crippen MR) is 106 cm³/mol. The van der Waals surface area contributed by atoms with Crippen molar-refractivity contribution in [1.29, 1.82) is 0 Å². The molecule has 1 aromatic carbocycles. The molecule has 8 heteroatoms. The summed E-state index contributed by atoms with van der Waals surface area (Å²) in [6, 6.07) is 1.95. The number of urea groups is 1. The first-order valence-electron chi connectivity index (χ1n) is 9.59. The van der Waals surface area contributed by atoms with Gasteiger partial charge in [0.25, 0.3) is 0 Å². The number of anilines is 1. The Morgan fingerprint density at radius 1 is 1.22 bits per heavy atom. The van der Waals surface area contributed by atoms with Crippen LogP contribution < -0.4 is 10.0 Å². The van der Waals surface area contributed by atoms with Gasteiger partial charge in [-0.25, -0.2) is 9.00 Å². The Morgan fingerprint density at radius 2 is 1.85 bits per heavy atom. The van der Waals surface area contributed by atoms with Crippen LogP contribution in [0.15, 0.2) is 11.2 Å².